The van der Waals surface area contributed by atoms with Crippen molar-refractivity contribution in [2.24, 2.45) is 23.7 Å². The number of allylic oxidation sites excluding steroid dienone is 2. The lowest BCUT2D eigenvalue weighted by Crippen LogP contribution is -2.38. The van der Waals surface area contributed by atoms with Crippen LogP contribution in [0, 0.1) is 37.5 Å². The van der Waals surface area contributed by atoms with Crippen LogP contribution >= 0.6 is 0 Å². The smallest absolute Gasteiger partial charge is 0.326 e. The van der Waals surface area contributed by atoms with Crippen molar-refractivity contribution in [2.75, 3.05) is 6.54 Å². The molecular formula is C24H29NO4. The third kappa shape index (κ3) is 3.30. The van der Waals surface area contributed by atoms with E-state index >= 15 is 0 Å². The van der Waals surface area contributed by atoms with Crippen LogP contribution in [0.2, 0.25) is 0 Å². The molecule has 2 aliphatic carbocycles. The molecule has 3 aliphatic rings. The predicted octanol–water partition coefficient (Wildman–Crippen LogP) is 3.45. The number of benzene rings is 1. The number of likely N-dealkylation sites (tertiary alicyclic amines) is 1. The molecule has 2 bridgehead atoms. The van der Waals surface area contributed by atoms with Crippen LogP contribution in [-0.2, 0) is 31.1 Å². The zero-order valence-electron chi connectivity index (χ0n) is 17.8. The molecule has 4 atom stereocenters. The third-order valence-electron chi connectivity index (χ3n) is 6.79. The summed E-state index contributed by atoms with van der Waals surface area (Å²) in [5.74, 6) is -1.22. The Balaban J connectivity index is 1.40. The minimum absolute atomic E-state index is 0.0491. The molecule has 1 aliphatic heterocycles. The summed E-state index contributed by atoms with van der Waals surface area (Å²) in [6, 6.07) is 4.27. The van der Waals surface area contributed by atoms with Crippen LogP contribution in [0.4, 0.5) is 0 Å². The maximum Gasteiger partial charge on any atom is 0.326 e. The van der Waals surface area contributed by atoms with Crippen LogP contribution in [-0.4, -0.2) is 29.2 Å². The Hall–Kier alpha value is -2.43. The number of hydrogen-bond acceptors (Lipinski definition) is 4. The van der Waals surface area contributed by atoms with Gasteiger partial charge in [0.1, 0.15) is 13.2 Å². The fourth-order valence-corrected chi connectivity index (χ4v) is 5.10. The average Bonchev–Trinajstić information content (AvgIpc) is 3.30. The van der Waals surface area contributed by atoms with Crippen LogP contribution in [0.3, 0.4) is 0 Å². The van der Waals surface area contributed by atoms with Gasteiger partial charge in [-0.3, -0.25) is 19.3 Å². The summed E-state index contributed by atoms with van der Waals surface area (Å²) >= 11 is 0. The highest BCUT2D eigenvalue weighted by Gasteiger charge is 2.59. The summed E-state index contributed by atoms with van der Waals surface area (Å²) in [5.41, 5.74) is 4.42. The second-order valence-corrected chi connectivity index (χ2v) is 9.76. The van der Waals surface area contributed by atoms with E-state index in [1.54, 1.807) is 0 Å². The standard InChI is InChI=1S/C24H29NO4/c1-13-8-17(24(3,4)5)9-14(2)18(13)12-29-19(26)11-25-22(27)20-15-6-7-16(10-15)21(20)23(25)28/h6-9,15-16,20-21H,10-12H2,1-5H3. The number of fused-ring (bicyclic) bond motifs is 5. The van der Waals surface area contributed by atoms with Crippen molar-refractivity contribution in [1.82, 2.24) is 4.90 Å². The maximum atomic E-state index is 12.7. The Bertz CT molecular complexity index is 870. The lowest BCUT2D eigenvalue weighted by atomic mass is 9.84. The minimum atomic E-state index is -0.536. The molecule has 4 rings (SSSR count). The van der Waals surface area contributed by atoms with E-state index < -0.39 is 5.97 Å². The third-order valence-corrected chi connectivity index (χ3v) is 6.79. The number of rotatable bonds is 4. The molecule has 2 fully saturated rings. The number of carbonyl (C=O) groups excluding carboxylic acids is 3. The van der Waals surface area contributed by atoms with Gasteiger partial charge in [0, 0.05) is 0 Å². The summed E-state index contributed by atoms with van der Waals surface area (Å²) in [7, 11) is 0. The van der Waals surface area contributed by atoms with Gasteiger partial charge in [-0.2, -0.15) is 0 Å². The minimum Gasteiger partial charge on any atom is -0.459 e. The van der Waals surface area contributed by atoms with Gasteiger partial charge in [-0.1, -0.05) is 45.1 Å². The number of ether oxygens (including phenoxy) is 1. The summed E-state index contributed by atoms with van der Waals surface area (Å²) in [4.78, 5) is 38.9. The van der Waals surface area contributed by atoms with Gasteiger partial charge < -0.3 is 4.74 Å². The fourth-order valence-electron chi connectivity index (χ4n) is 5.10. The first-order valence-corrected chi connectivity index (χ1v) is 10.4. The highest BCUT2D eigenvalue weighted by molar-refractivity contribution is 6.08. The molecule has 1 saturated carbocycles. The van der Waals surface area contributed by atoms with Gasteiger partial charge in [0.05, 0.1) is 11.8 Å². The number of imide groups is 1. The van der Waals surface area contributed by atoms with E-state index in [4.69, 9.17) is 4.74 Å². The Morgan fingerprint density at radius 2 is 1.55 bits per heavy atom. The molecule has 4 unspecified atom stereocenters. The second kappa shape index (κ2) is 6.82. The van der Waals surface area contributed by atoms with Crippen LogP contribution in [0.5, 0.6) is 0 Å². The number of esters is 1. The van der Waals surface area contributed by atoms with Gasteiger partial charge in [-0.25, -0.2) is 0 Å². The van der Waals surface area contributed by atoms with Crippen molar-refractivity contribution in [3.8, 4) is 0 Å². The van der Waals surface area contributed by atoms with Crippen LogP contribution in [0.15, 0.2) is 24.3 Å². The van der Waals surface area contributed by atoms with Crippen molar-refractivity contribution in [3.05, 3.63) is 46.5 Å². The van der Waals surface area contributed by atoms with E-state index in [1.165, 1.54) is 5.56 Å². The molecule has 5 heteroatoms. The molecule has 0 spiro atoms. The average molecular weight is 395 g/mol. The largest absolute Gasteiger partial charge is 0.459 e. The van der Waals surface area contributed by atoms with E-state index in [0.717, 1.165) is 28.0 Å². The van der Waals surface area contributed by atoms with E-state index in [9.17, 15) is 14.4 Å². The molecule has 2 amide bonds. The zero-order valence-corrected chi connectivity index (χ0v) is 17.8. The molecule has 5 nitrogen and oxygen atoms in total. The van der Waals surface area contributed by atoms with Gasteiger partial charge >= 0.3 is 5.97 Å². The lowest BCUT2D eigenvalue weighted by Gasteiger charge is -2.22. The van der Waals surface area contributed by atoms with Crippen molar-refractivity contribution < 1.29 is 19.1 Å². The molecule has 29 heavy (non-hydrogen) atoms. The summed E-state index contributed by atoms with van der Waals surface area (Å²) in [5, 5.41) is 0. The summed E-state index contributed by atoms with van der Waals surface area (Å²) < 4.78 is 5.46. The molecule has 1 aromatic carbocycles. The number of carbonyl (C=O) groups is 3. The van der Waals surface area contributed by atoms with Gasteiger partial charge in [0.2, 0.25) is 11.8 Å². The topological polar surface area (TPSA) is 63.7 Å². The van der Waals surface area contributed by atoms with E-state index in [-0.39, 0.29) is 54.1 Å². The Labute approximate surface area is 172 Å². The van der Waals surface area contributed by atoms with Crippen molar-refractivity contribution in [1.29, 1.82) is 0 Å². The van der Waals surface area contributed by atoms with E-state index in [0.29, 0.717) is 0 Å². The highest BCUT2D eigenvalue weighted by atomic mass is 16.5. The summed E-state index contributed by atoms with van der Waals surface area (Å²) in [6.45, 7) is 10.4. The Morgan fingerprint density at radius 1 is 1.03 bits per heavy atom. The van der Waals surface area contributed by atoms with Gasteiger partial charge in [0.15, 0.2) is 0 Å². The fraction of sp³-hybridized carbons (Fsp3) is 0.542. The predicted molar refractivity (Wildman–Crippen MR) is 109 cm³/mol. The zero-order chi connectivity index (χ0) is 21.1. The van der Waals surface area contributed by atoms with Gasteiger partial charge in [0.25, 0.3) is 0 Å². The number of nitrogens with zero attached hydrogens (tertiary/aromatic N) is 1. The number of aryl methyl sites for hydroxylation is 2. The molecule has 0 aromatic heterocycles. The molecule has 154 valence electrons. The Kier molecular flexibility index (Phi) is 4.67. The molecule has 1 aromatic rings. The second-order valence-electron chi connectivity index (χ2n) is 9.76. The van der Waals surface area contributed by atoms with Crippen LogP contribution < -0.4 is 0 Å². The first-order chi connectivity index (χ1) is 13.6. The van der Waals surface area contributed by atoms with Gasteiger partial charge in [-0.05, 0) is 59.8 Å². The van der Waals surface area contributed by atoms with Crippen LogP contribution in [0.25, 0.3) is 0 Å². The monoisotopic (exact) mass is 395 g/mol. The molecule has 1 saturated heterocycles. The Morgan fingerprint density at radius 3 is 2.03 bits per heavy atom. The van der Waals surface area contributed by atoms with Crippen LogP contribution in [0.1, 0.15) is 49.4 Å². The van der Waals surface area contributed by atoms with Crippen molar-refractivity contribution in [3.63, 3.8) is 0 Å². The summed E-state index contributed by atoms with van der Waals surface area (Å²) in [6.07, 6.45) is 4.98. The SMILES string of the molecule is Cc1cc(C(C)(C)C)cc(C)c1COC(=O)CN1C(=O)C2C3C=CC(C3)C2C1=O. The highest BCUT2D eigenvalue weighted by Crippen LogP contribution is 2.52. The normalized spacial score (nSPS) is 27.7. The number of hydrogen-bond donors (Lipinski definition) is 0. The molecule has 1 heterocycles. The lowest BCUT2D eigenvalue weighted by molar-refractivity contribution is -0.154. The quantitative estimate of drug-likeness (QED) is 0.445. The number of amides is 2. The molecular weight excluding hydrogens is 366 g/mol. The van der Waals surface area contributed by atoms with Crippen molar-refractivity contribution >= 4 is 17.8 Å². The first-order valence-electron chi connectivity index (χ1n) is 10.4. The van der Waals surface area contributed by atoms with E-state index in [2.05, 4.69) is 32.9 Å². The van der Waals surface area contributed by atoms with Crippen molar-refractivity contribution in [2.45, 2.75) is 53.1 Å². The molecule has 0 radical (unpaired) electrons. The molecule has 0 N–H and O–H groups in total. The van der Waals surface area contributed by atoms with E-state index in [1.807, 2.05) is 26.0 Å². The maximum absolute atomic E-state index is 12.7. The first kappa shape index (κ1) is 19.9. The van der Waals surface area contributed by atoms with Gasteiger partial charge in [-0.15, -0.1) is 0 Å².